The Kier molecular flexibility index (Phi) is 7.25. The summed E-state index contributed by atoms with van der Waals surface area (Å²) in [4.78, 5) is 13.3. The van der Waals surface area contributed by atoms with Crippen molar-refractivity contribution < 1.29 is 13.2 Å². The van der Waals surface area contributed by atoms with Gasteiger partial charge in [-0.05, 0) is 43.3 Å². The van der Waals surface area contributed by atoms with Gasteiger partial charge in [-0.1, -0.05) is 31.5 Å². The fraction of sp³-hybridized carbons (Fsp3) is 0.316. The van der Waals surface area contributed by atoms with Gasteiger partial charge in [0.05, 0.1) is 10.6 Å². The van der Waals surface area contributed by atoms with Gasteiger partial charge >= 0.3 is 0 Å². The molecule has 1 N–H and O–H groups in total. The Bertz CT molecular complexity index is 828. The quantitative estimate of drug-likeness (QED) is 0.695. The third-order valence-electron chi connectivity index (χ3n) is 3.87. The molecule has 0 heterocycles. The van der Waals surface area contributed by atoms with Gasteiger partial charge in [-0.3, -0.25) is 4.79 Å². The highest BCUT2D eigenvalue weighted by molar-refractivity contribution is 8.00. The molecule has 1 amide bonds. The maximum atomic E-state index is 12.4. The lowest BCUT2D eigenvalue weighted by atomic mass is 10.2. The second-order valence-electron chi connectivity index (χ2n) is 5.76. The zero-order valence-corrected chi connectivity index (χ0v) is 16.9. The minimum absolute atomic E-state index is 0.130. The molecule has 2 aromatic rings. The summed E-state index contributed by atoms with van der Waals surface area (Å²) in [6.07, 6.45) is 0. The van der Waals surface area contributed by atoms with Crippen LogP contribution in [0.1, 0.15) is 19.4 Å². The summed E-state index contributed by atoms with van der Waals surface area (Å²) >= 11 is 1.46. The normalized spacial score (nSPS) is 11.5. The van der Waals surface area contributed by atoms with E-state index >= 15 is 0 Å². The van der Waals surface area contributed by atoms with Gasteiger partial charge in [0.1, 0.15) is 0 Å². The third kappa shape index (κ3) is 5.33. The van der Waals surface area contributed by atoms with Gasteiger partial charge in [0.25, 0.3) is 0 Å². The largest absolute Gasteiger partial charge is 0.325 e. The Labute approximate surface area is 159 Å². The Morgan fingerprint density at radius 3 is 2.12 bits per heavy atom. The van der Waals surface area contributed by atoms with Gasteiger partial charge < -0.3 is 5.32 Å². The van der Waals surface area contributed by atoms with Crippen LogP contribution < -0.4 is 5.32 Å². The molecule has 0 aliphatic rings. The smallest absolute Gasteiger partial charge is 0.243 e. The van der Waals surface area contributed by atoms with E-state index in [-0.39, 0.29) is 10.8 Å². The third-order valence-corrected chi connectivity index (χ3v) is 6.95. The summed E-state index contributed by atoms with van der Waals surface area (Å²) in [5, 5.41) is 2.79. The zero-order valence-electron chi connectivity index (χ0n) is 15.2. The molecular formula is C19H24N2O3S2. The number of hydrogen-bond donors (Lipinski definition) is 1. The summed E-state index contributed by atoms with van der Waals surface area (Å²) < 4.78 is 26.3. The van der Waals surface area contributed by atoms with E-state index in [1.165, 1.54) is 33.8 Å². The first-order valence-corrected chi connectivity index (χ1v) is 10.9. The minimum Gasteiger partial charge on any atom is -0.325 e. The van der Waals surface area contributed by atoms with Gasteiger partial charge in [0.15, 0.2) is 0 Å². The average Bonchev–Trinajstić information content (AvgIpc) is 2.62. The summed E-state index contributed by atoms with van der Waals surface area (Å²) in [6, 6.07) is 14.3. The number of nitrogens with one attached hydrogen (secondary N) is 1. The lowest BCUT2D eigenvalue weighted by Gasteiger charge is -2.18. The fourth-order valence-corrected chi connectivity index (χ4v) is 4.56. The molecule has 0 spiro atoms. The highest BCUT2D eigenvalue weighted by Gasteiger charge is 2.21. The summed E-state index contributed by atoms with van der Waals surface area (Å²) in [5.41, 5.74) is 1.76. The Morgan fingerprint density at radius 2 is 1.58 bits per heavy atom. The van der Waals surface area contributed by atoms with Gasteiger partial charge in [0.2, 0.25) is 15.9 Å². The van der Waals surface area contributed by atoms with Gasteiger partial charge in [-0.2, -0.15) is 4.31 Å². The molecule has 26 heavy (non-hydrogen) atoms. The number of sulfonamides is 1. The first kappa shape index (κ1) is 20.5. The molecule has 140 valence electrons. The lowest BCUT2D eigenvalue weighted by molar-refractivity contribution is -0.113. The van der Waals surface area contributed by atoms with E-state index in [2.05, 4.69) is 5.32 Å². The molecule has 0 saturated carbocycles. The van der Waals surface area contributed by atoms with Gasteiger partial charge in [-0.25, -0.2) is 8.42 Å². The topological polar surface area (TPSA) is 66.5 Å². The first-order chi connectivity index (χ1) is 12.4. The standard InChI is InChI=1S/C19H24N2O3S2/c1-4-21(5-2)26(23,24)18-12-8-16(9-13-18)20-19(22)14-25-17-10-6-15(3)7-11-17/h6-13H,4-5,14H2,1-3H3,(H,20,22). The second-order valence-corrected chi connectivity index (χ2v) is 8.75. The second kappa shape index (κ2) is 9.21. The van der Waals surface area contributed by atoms with Crippen LogP contribution in [0, 0.1) is 6.92 Å². The molecule has 5 nitrogen and oxygen atoms in total. The highest BCUT2D eigenvalue weighted by Crippen LogP contribution is 2.20. The molecule has 7 heteroatoms. The van der Waals surface area contributed by atoms with Crippen LogP contribution in [0.4, 0.5) is 5.69 Å². The number of anilines is 1. The molecule has 2 aromatic carbocycles. The summed E-state index contributed by atoms with van der Waals surface area (Å²) in [6.45, 7) is 6.48. The Balaban J connectivity index is 1.96. The van der Waals surface area contributed by atoms with Gasteiger partial charge in [0, 0.05) is 23.7 Å². The van der Waals surface area contributed by atoms with Crippen molar-refractivity contribution in [3.63, 3.8) is 0 Å². The molecule has 0 atom stereocenters. The van der Waals surface area contributed by atoms with Crippen LogP contribution in [0.15, 0.2) is 58.3 Å². The zero-order chi connectivity index (χ0) is 19.2. The van der Waals surface area contributed by atoms with Crippen molar-refractivity contribution in [3.05, 3.63) is 54.1 Å². The molecule has 0 aliphatic heterocycles. The van der Waals surface area contributed by atoms with Crippen molar-refractivity contribution >= 4 is 33.4 Å². The fourth-order valence-electron chi connectivity index (χ4n) is 2.40. The van der Waals surface area contributed by atoms with E-state index in [0.29, 0.717) is 24.5 Å². The van der Waals surface area contributed by atoms with Crippen molar-refractivity contribution in [3.8, 4) is 0 Å². The van der Waals surface area contributed by atoms with Crippen LogP contribution >= 0.6 is 11.8 Å². The number of carbonyl (C=O) groups excluding carboxylic acids is 1. The van der Waals surface area contributed by atoms with Crippen molar-refractivity contribution in [2.75, 3.05) is 24.2 Å². The molecule has 0 saturated heterocycles. The lowest BCUT2D eigenvalue weighted by Crippen LogP contribution is -2.30. The van der Waals surface area contributed by atoms with Crippen LogP contribution in [-0.4, -0.2) is 37.5 Å². The monoisotopic (exact) mass is 392 g/mol. The predicted molar refractivity (Wildman–Crippen MR) is 107 cm³/mol. The van der Waals surface area contributed by atoms with Gasteiger partial charge in [-0.15, -0.1) is 11.8 Å². The van der Waals surface area contributed by atoms with Crippen LogP contribution in [-0.2, 0) is 14.8 Å². The minimum atomic E-state index is -3.48. The van der Waals surface area contributed by atoms with E-state index < -0.39 is 10.0 Å². The number of carbonyl (C=O) groups is 1. The molecular weight excluding hydrogens is 368 g/mol. The number of rotatable bonds is 8. The van der Waals surface area contributed by atoms with E-state index in [9.17, 15) is 13.2 Å². The van der Waals surface area contributed by atoms with E-state index in [4.69, 9.17) is 0 Å². The molecule has 0 radical (unpaired) electrons. The van der Waals surface area contributed by atoms with E-state index in [1.54, 1.807) is 26.0 Å². The number of aryl methyl sites for hydroxylation is 1. The van der Waals surface area contributed by atoms with Crippen LogP contribution in [0.2, 0.25) is 0 Å². The number of amides is 1. The number of thioether (sulfide) groups is 1. The molecule has 0 bridgehead atoms. The van der Waals surface area contributed by atoms with Crippen molar-refractivity contribution in [2.24, 2.45) is 0 Å². The number of nitrogens with zero attached hydrogens (tertiary/aromatic N) is 1. The Hall–Kier alpha value is -1.83. The number of benzene rings is 2. The maximum absolute atomic E-state index is 12.4. The predicted octanol–water partition coefficient (Wildman–Crippen LogP) is 3.76. The molecule has 0 fully saturated rings. The summed E-state index contributed by atoms with van der Waals surface area (Å²) in [5.74, 6) is 0.165. The van der Waals surface area contributed by atoms with E-state index in [0.717, 1.165) is 4.90 Å². The Morgan fingerprint density at radius 1 is 1.00 bits per heavy atom. The van der Waals surface area contributed by atoms with E-state index in [1.807, 2.05) is 31.2 Å². The first-order valence-electron chi connectivity index (χ1n) is 8.46. The molecule has 0 unspecified atom stereocenters. The van der Waals surface area contributed by atoms with Crippen LogP contribution in [0.3, 0.4) is 0 Å². The molecule has 0 aromatic heterocycles. The SMILES string of the molecule is CCN(CC)S(=O)(=O)c1ccc(NC(=O)CSc2ccc(C)cc2)cc1. The van der Waals surface area contributed by atoms with Crippen molar-refractivity contribution in [1.82, 2.24) is 4.31 Å². The van der Waals surface area contributed by atoms with Crippen LogP contribution in [0.25, 0.3) is 0 Å². The van der Waals surface area contributed by atoms with Crippen molar-refractivity contribution in [2.45, 2.75) is 30.6 Å². The number of hydrogen-bond acceptors (Lipinski definition) is 4. The maximum Gasteiger partial charge on any atom is 0.243 e. The van der Waals surface area contributed by atoms with Crippen molar-refractivity contribution in [1.29, 1.82) is 0 Å². The molecule has 2 rings (SSSR count). The highest BCUT2D eigenvalue weighted by atomic mass is 32.2. The average molecular weight is 393 g/mol. The molecule has 0 aliphatic carbocycles. The van der Waals surface area contributed by atoms with Crippen LogP contribution in [0.5, 0.6) is 0 Å². The summed E-state index contributed by atoms with van der Waals surface area (Å²) in [7, 11) is -3.48.